The Balaban J connectivity index is 2.02. The van der Waals surface area contributed by atoms with Gasteiger partial charge in [0.15, 0.2) is 5.76 Å². The number of rotatable bonds is 9. The van der Waals surface area contributed by atoms with Crippen molar-refractivity contribution in [1.82, 2.24) is 5.32 Å². The molecule has 0 aliphatic heterocycles. The quantitative estimate of drug-likeness (QED) is 0.591. The summed E-state index contributed by atoms with van der Waals surface area (Å²) < 4.78 is 31.1. The van der Waals surface area contributed by atoms with Gasteiger partial charge in [0.2, 0.25) is 15.9 Å². The molecule has 1 atom stereocenters. The summed E-state index contributed by atoms with van der Waals surface area (Å²) >= 11 is 0. The third-order valence-corrected chi connectivity index (χ3v) is 5.37. The first-order valence-electron chi connectivity index (χ1n) is 8.97. The van der Waals surface area contributed by atoms with Crippen LogP contribution in [-0.4, -0.2) is 32.0 Å². The molecule has 0 saturated carbocycles. The third kappa shape index (κ3) is 6.12. The van der Waals surface area contributed by atoms with Crippen LogP contribution in [0.5, 0.6) is 0 Å². The van der Waals surface area contributed by atoms with Crippen molar-refractivity contribution in [2.45, 2.75) is 33.2 Å². The van der Waals surface area contributed by atoms with Crippen LogP contribution in [0.4, 0.5) is 11.4 Å². The molecule has 0 radical (unpaired) electrons. The first-order chi connectivity index (χ1) is 13.2. The van der Waals surface area contributed by atoms with E-state index in [1.165, 1.54) is 12.3 Å². The number of carbonyl (C=O) groups is 2. The average Bonchev–Trinajstić information content (AvgIpc) is 3.15. The molecule has 1 unspecified atom stereocenters. The zero-order chi connectivity index (χ0) is 20.7. The molecule has 2 aromatic rings. The highest BCUT2D eigenvalue weighted by Crippen LogP contribution is 2.16. The summed E-state index contributed by atoms with van der Waals surface area (Å²) in [6, 6.07) is 8.66. The van der Waals surface area contributed by atoms with Crippen LogP contribution < -0.4 is 15.4 Å². The summed E-state index contributed by atoms with van der Waals surface area (Å²) in [6.07, 6.45) is 1.90. The predicted molar refractivity (Wildman–Crippen MR) is 108 cm³/mol. The number of nitrogens with one attached hydrogen (secondary N) is 3. The summed E-state index contributed by atoms with van der Waals surface area (Å²) in [7, 11) is -3.37. The van der Waals surface area contributed by atoms with Gasteiger partial charge in [-0.25, -0.2) is 8.42 Å². The maximum atomic E-state index is 12.6. The van der Waals surface area contributed by atoms with E-state index >= 15 is 0 Å². The van der Waals surface area contributed by atoms with E-state index in [0.717, 1.165) is 0 Å². The number of anilines is 2. The van der Waals surface area contributed by atoms with Crippen LogP contribution in [0.1, 0.15) is 37.7 Å². The van der Waals surface area contributed by atoms with Crippen LogP contribution in [0.15, 0.2) is 47.1 Å². The molecule has 3 N–H and O–H groups in total. The maximum absolute atomic E-state index is 12.6. The Bertz CT molecular complexity index is 890. The highest BCUT2D eigenvalue weighted by atomic mass is 32.2. The average molecular weight is 407 g/mol. The second-order valence-corrected chi connectivity index (χ2v) is 8.50. The largest absolute Gasteiger partial charge is 0.459 e. The molecular formula is C19H25N3O5S. The van der Waals surface area contributed by atoms with E-state index in [1.807, 2.05) is 13.8 Å². The highest BCUT2D eigenvalue weighted by Gasteiger charge is 2.25. The second-order valence-electron chi connectivity index (χ2n) is 6.66. The minimum Gasteiger partial charge on any atom is -0.459 e. The van der Waals surface area contributed by atoms with Crippen molar-refractivity contribution in [1.29, 1.82) is 0 Å². The maximum Gasteiger partial charge on any atom is 0.287 e. The third-order valence-electron chi connectivity index (χ3n) is 3.88. The molecule has 8 nitrogen and oxygen atoms in total. The Morgan fingerprint density at radius 3 is 2.25 bits per heavy atom. The Hall–Kier alpha value is -2.81. The topological polar surface area (TPSA) is 118 Å². The van der Waals surface area contributed by atoms with E-state index in [1.54, 1.807) is 37.3 Å². The predicted octanol–water partition coefficient (Wildman–Crippen LogP) is 2.82. The van der Waals surface area contributed by atoms with Gasteiger partial charge in [-0.05, 0) is 48.7 Å². The lowest BCUT2D eigenvalue weighted by molar-refractivity contribution is -0.118. The normalized spacial score (nSPS) is 12.4. The van der Waals surface area contributed by atoms with E-state index in [0.29, 0.717) is 17.8 Å². The molecule has 0 fully saturated rings. The van der Waals surface area contributed by atoms with Gasteiger partial charge >= 0.3 is 0 Å². The van der Waals surface area contributed by atoms with Gasteiger partial charge in [-0.1, -0.05) is 20.8 Å². The standard InChI is InChI=1S/C19H25N3O5S/c1-4-12-28(25,26)22-15-9-7-14(8-10-15)20-19(24)17(13(2)3)21-18(23)16-6-5-11-27-16/h5-11,13,17,22H,4,12H2,1-3H3,(H,20,24)(H,21,23). The number of furan rings is 1. The van der Waals surface area contributed by atoms with Crippen molar-refractivity contribution in [3.8, 4) is 0 Å². The lowest BCUT2D eigenvalue weighted by Gasteiger charge is -2.21. The molecule has 9 heteroatoms. The number of sulfonamides is 1. The van der Waals surface area contributed by atoms with Gasteiger partial charge in [-0.3, -0.25) is 14.3 Å². The van der Waals surface area contributed by atoms with Crippen molar-refractivity contribution < 1.29 is 22.4 Å². The molecule has 1 aromatic heterocycles. The minimum absolute atomic E-state index is 0.0386. The fourth-order valence-electron chi connectivity index (χ4n) is 2.50. The molecule has 0 aliphatic rings. The van der Waals surface area contributed by atoms with Gasteiger partial charge in [0.25, 0.3) is 5.91 Å². The number of carbonyl (C=O) groups excluding carboxylic acids is 2. The fourth-order valence-corrected chi connectivity index (χ4v) is 3.63. The lowest BCUT2D eigenvalue weighted by atomic mass is 10.0. The molecule has 0 saturated heterocycles. The van der Waals surface area contributed by atoms with Crippen LogP contribution in [0.25, 0.3) is 0 Å². The number of amides is 2. The summed E-state index contributed by atoms with van der Waals surface area (Å²) in [5, 5.41) is 5.39. The summed E-state index contributed by atoms with van der Waals surface area (Å²) in [4.78, 5) is 24.7. The number of benzene rings is 1. The van der Waals surface area contributed by atoms with Gasteiger partial charge in [-0.2, -0.15) is 0 Å². The van der Waals surface area contributed by atoms with E-state index in [9.17, 15) is 18.0 Å². The van der Waals surface area contributed by atoms with Gasteiger partial charge in [0.1, 0.15) is 6.04 Å². The first-order valence-corrected chi connectivity index (χ1v) is 10.6. The molecule has 152 valence electrons. The Morgan fingerprint density at radius 2 is 1.71 bits per heavy atom. The summed E-state index contributed by atoms with van der Waals surface area (Å²) in [5.41, 5.74) is 0.902. The Labute approximate surface area is 164 Å². The SMILES string of the molecule is CCCS(=O)(=O)Nc1ccc(NC(=O)C(NC(=O)c2ccco2)C(C)C)cc1. The summed E-state index contributed by atoms with van der Waals surface area (Å²) in [5.74, 6) is -0.841. The number of hydrogen-bond donors (Lipinski definition) is 3. The van der Waals surface area contributed by atoms with E-state index in [-0.39, 0.29) is 23.3 Å². The monoisotopic (exact) mass is 407 g/mol. The highest BCUT2D eigenvalue weighted by molar-refractivity contribution is 7.92. The molecule has 0 spiro atoms. The smallest absolute Gasteiger partial charge is 0.287 e. The molecule has 1 aromatic carbocycles. The number of hydrogen-bond acceptors (Lipinski definition) is 5. The van der Waals surface area contributed by atoms with Crippen LogP contribution in [0.2, 0.25) is 0 Å². The van der Waals surface area contributed by atoms with Crippen LogP contribution in [0.3, 0.4) is 0 Å². The fraction of sp³-hybridized carbons (Fsp3) is 0.368. The molecule has 2 amide bonds. The molecular weight excluding hydrogens is 382 g/mol. The molecule has 28 heavy (non-hydrogen) atoms. The minimum atomic E-state index is -3.37. The van der Waals surface area contributed by atoms with Crippen molar-refractivity contribution in [2.24, 2.45) is 5.92 Å². The molecule has 0 bridgehead atoms. The van der Waals surface area contributed by atoms with Gasteiger partial charge < -0.3 is 15.1 Å². The van der Waals surface area contributed by atoms with Crippen LogP contribution in [-0.2, 0) is 14.8 Å². The molecule has 1 heterocycles. The van der Waals surface area contributed by atoms with Crippen molar-refractivity contribution >= 4 is 33.2 Å². The Morgan fingerprint density at radius 1 is 1.07 bits per heavy atom. The Kier molecular flexibility index (Phi) is 7.22. The molecule has 0 aliphatic carbocycles. The zero-order valence-electron chi connectivity index (χ0n) is 16.1. The van der Waals surface area contributed by atoms with E-state index < -0.39 is 22.0 Å². The second kappa shape index (κ2) is 9.41. The van der Waals surface area contributed by atoms with Crippen LogP contribution in [0, 0.1) is 5.92 Å². The molecule has 2 rings (SSSR count). The van der Waals surface area contributed by atoms with Crippen LogP contribution >= 0.6 is 0 Å². The van der Waals surface area contributed by atoms with Crippen molar-refractivity contribution in [2.75, 3.05) is 15.8 Å². The van der Waals surface area contributed by atoms with Crippen molar-refractivity contribution in [3.63, 3.8) is 0 Å². The van der Waals surface area contributed by atoms with E-state index in [4.69, 9.17) is 4.42 Å². The van der Waals surface area contributed by atoms with Gasteiger partial charge in [-0.15, -0.1) is 0 Å². The van der Waals surface area contributed by atoms with E-state index in [2.05, 4.69) is 15.4 Å². The van der Waals surface area contributed by atoms with Crippen molar-refractivity contribution in [3.05, 3.63) is 48.4 Å². The summed E-state index contributed by atoms with van der Waals surface area (Å²) in [6.45, 7) is 5.42. The first kappa shape index (κ1) is 21.5. The van der Waals surface area contributed by atoms with Gasteiger partial charge in [0, 0.05) is 11.4 Å². The lowest BCUT2D eigenvalue weighted by Crippen LogP contribution is -2.47. The zero-order valence-corrected chi connectivity index (χ0v) is 16.9. The van der Waals surface area contributed by atoms with Gasteiger partial charge in [0.05, 0.1) is 12.0 Å².